The first kappa shape index (κ1) is 30.3. The molecule has 46 heavy (non-hydrogen) atoms. The van der Waals surface area contributed by atoms with Gasteiger partial charge in [0.2, 0.25) is 8.41 Å². The summed E-state index contributed by atoms with van der Waals surface area (Å²) in [5, 5.41) is 17.5. The van der Waals surface area contributed by atoms with Crippen molar-refractivity contribution >= 4 is 37.3 Å². The van der Waals surface area contributed by atoms with Crippen molar-refractivity contribution in [3.05, 3.63) is 89.7 Å². The van der Waals surface area contributed by atoms with Gasteiger partial charge in [-0.15, -0.1) is 5.10 Å². The highest BCUT2D eigenvalue weighted by molar-refractivity contribution is 6.72. The third kappa shape index (κ3) is 4.66. The van der Waals surface area contributed by atoms with Gasteiger partial charge < -0.3 is 23.6 Å². The van der Waals surface area contributed by atoms with E-state index in [0.29, 0.717) is 64.8 Å². The molecule has 12 heteroatoms. The fourth-order valence-corrected chi connectivity index (χ4v) is 10.1. The first-order valence-corrected chi connectivity index (χ1v) is 18.5. The molecule has 10 nitrogen and oxygen atoms in total. The predicted molar refractivity (Wildman–Crippen MR) is 173 cm³/mol. The Morgan fingerprint density at radius 2 is 1.76 bits per heavy atom. The van der Waals surface area contributed by atoms with E-state index in [0.717, 1.165) is 0 Å². The Kier molecular flexibility index (Phi) is 7.33. The fraction of sp³-hybridized carbons (Fsp3) is 0.353. The Morgan fingerprint density at radius 1 is 1.02 bits per heavy atom. The molecule has 3 aliphatic heterocycles. The van der Waals surface area contributed by atoms with Crippen LogP contribution in [-0.2, 0) is 28.1 Å². The van der Waals surface area contributed by atoms with Gasteiger partial charge in [0.05, 0.1) is 28.7 Å². The number of carbonyl (C=O) groups excluding carboxylic acids is 2. The number of aliphatic hydroxyl groups is 1. The van der Waals surface area contributed by atoms with E-state index in [1.54, 1.807) is 59.0 Å². The molecule has 3 aromatic carbocycles. The van der Waals surface area contributed by atoms with E-state index in [1.165, 1.54) is 0 Å². The number of fused-ring (bicyclic) bond motifs is 4. The molecule has 2 amide bonds. The number of nitrogens with zero attached hydrogens (tertiary/aromatic N) is 5. The van der Waals surface area contributed by atoms with Crippen molar-refractivity contribution in [2.24, 2.45) is 5.92 Å². The number of amides is 2. The molecule has 1 fully saturated rings. The summed E-state index contributed by atoms with van der Waals surface area (Å²) in [6, 6.07) is 20.0. The zero-order valence-electron chi connectivity index (χ0n) is 26.2. The van der Waals surface area contributed by atoms with E-state index in [4.69, 9.17) is 9.47 Å². The van der Waals surface area contributed by atoms with Gasteiger partial charge in [-0.3, -0.25) is 19.2 Å². The average Bonchev–Trinajstić information content (AvgIpc) is 3.64. The van der Waals surface area contributed by atoms with Gasteiger partial charge in [0.15, 0.2) is 11.4 Å². The molecule has 238 valence electrons. The second-order valence-electron chi connectivity index (χ2n) is 12.8. The van der Waals surface area contributed by atoms with Crippen molar-refractivity contribution < 1.29 is 28.3 Å². The minimum absolute atomic E-state index is 0.0284. The zero-order valence-corrected chi connectivity index (χ0v) is 27.2. The Hall–Kier alpha value is -4.39. The number of rotatable bonds is 7. The van der Waals surface area contributed by atoms with Crippen molar-refractivity contribution in [2.45, 2.75) is 56.7 Å². The van der Waals surface area contributed by atoms with Gasteiger partial charge in [-0.05, 0) is 62.0 Å². The molecular weight excluding hydrogens is 605 g/mol. The van der Waals surface area contributed by atoms with E-state index in [9.17, 15) is 14.7 Å². The Balaban J connectivity index is 1.31. The number of ether oxygens (including phenoxy) is 2. The second-order valence-corrected chi connectivity index (χ2v) is 16.6. The van der Waals surface area contributed by atoms with Gasteiger partial charge in [-0.25, -0.2) is 0 Å². The van der Waals surface area contributed by atoms with Crippen LogP contribution in [0.3, 0.4) is 0 Å². The maximum Gasteiger partial charge on any atom is 0.266 e. The average molecular weight is 642 g/mol. The molecule has 0 aliphatic carbocycles. The molecule has 7 rings (SSSR count). The standard InChI is InChI=1S/C34H36FN5O5Si/c1-21-31(46(3,4)35)30(15-17-39-20-22(16-18-41)36-37-39)45-34(21)25-19-23(13-14-26(25)38(2)33(34)43)40-27-10-6-8-12-29(27)44-28-11-7-5-9-24(28)32(40)42/h5-14,19-21,30-31,41H,15-18H2,1-4H3/t21-,30+,31-,34+/m1/s1. The molecule has 0 saturated carbocycles. The maximum atomic E-state index is 16.2. The number of benzene rings is 3. The van der Waals surface area contributed by atoms with Crippen LogP contribution in [0, 0.1) is 5.92 Å². The number of hydrogen-bond acceptors (Lipinski definition) is 7. The van der Waals surface area contributed by atoms with Crippen LogP contribution in [-0.4, -0.2) is 60.1 Å². The monoisotopic (exact) mass is 641 g/mol. The van der Waals surface area contributed by atoms with E-state index in [2.05, 4.69) is 10.3 Å². The summed E-state index contributed by atoms with van der Waals surface area (Å²) < 4.78 is 30.9. The number of carbonyl (C=O) groups is 2. The van der Waals surface area contributed by atoms with E-state index in [-0.39, 0.29) is 18.4 Å². The SMILES string of the molecule is C[C@@H]1[C@@H]([Si](C)(C)F)[C@H](CCn2cc(CCO)nn2)O[C@@]12C(=O)N(C)c1ccc(N3C(=O)c4ccccc4Oc4ccccc43)cc12. The van der Waals surface area contributed by atoms with Gasteiger partial charge in [0.25, 0.3) is 11.8 Å². The van der Waals surface area contributed by atoms with Crippen LogP contribution in [0.2, 0.25) is 18.6 Å². The van der Waals surface area contributed by atoms with Crippen LogP contribution < -0.4 is 14.5 Å². The number of hydrogen-bond donors (Lipinski definition) is 1. The molecule has 0 radical (unpaired) electrons. The smallest absolute Gasteiger partial charge is 0.266 e. The summed E-state index contributed by atoms with van der Waals surface area (Å²) in [6.45, 7) is 5.64. The Bertz CT molecular complexity index is 1840. The van der Waals surface area contributed by atoms with Crippen LogP contribution in [0.5, 0.6) is 11.5 Å². The number of para-hydroxylation sites is 3. The number of aryl methyl sites for hydroxylation is 1. The molecule has 1 aromatic heterocycles. The maximum absolute atomic E-state index is 16.2. The Labute approximate surface area is 267 Å². The highest BCUT2D eigenvalue weighted by Gasteiger charge is 2.66. The molecule has 1 saturated heterocycles. The van der Waals surface area contributed by atoms with Gasteiger partial charge >= 0.3 is 0 Å². The summed E-state index contributed by atoms with van der Waals surface area (Å²) in [7, 11) is -1.66. The number of likely N-dealkylation sites (N-methyl/N-ethyl adjacent to an activating group) is 1. The fourth-order valence-electron chi connectivity index (χ4n) is 7.55. The van der Waals surface area contributed by atoms with Gasteiger partial charge in [0.1, 0.15) is 5.75 Å². The summed E-state index contributed by atoms with van der Waals surface area (Å²) in [5.41, 5.74) is 1.56. The molecule has 4 atom stereocenters. The Morgan fingerprint density at radius 3 is 2.52 bits per heavy atom. The van der Waals surface area contributed by atoms with Crippen molar-refractivity contribution in [3.63, 3.8) is 0 Å². The molecule has 4 aromatic rings. The summed E-state index contributed by atoms with van der Waals surface area (Å²) in [6.07, 6.45) is 2.04. The number of anilines is 3. The van der Waals surface area contributed by atoms with Crippen LogP contribution in [0.25, 0.3) is 0 Å². The normalized spacial score (nSPS) is 23.7. The lowest BCUT2D eigenvalue weighted by Crippen LogP contribution is -2.44. The third-order valence-electron chi connectivity index (χ3n) is 9.58. The molecular formula is C34H36FN5O5Si. The van der Waals surface area contributed by atoms with Gasteiger partial charge in [-0.1, -0.05) is 36.4 Å². The van der Waals surface area contributed by atoms with Crippen molar-refractivity contribution in [3.8, 4) is 11.5 Å². The minimum Gasteiger partial charge on any atom is -0.454 e. The largest absolute Gasteiger partial charge is 0.454 e. The number of aromatic nitrogens is 3. The van der Waals surface area contributed by atoms with Crippen LogP contribution in [0.15, 0.2) is 72.9 Å². The predicted octanol–water partition coefficient (Wildman–Crippen LogP) is 5.74. The summed E-state index contributed by atoms with van der Waals surface area (Å²) >= 11 is 0. The zero-order chi connectivity index (χ0) is 32.4. The number of aliphatic hydroxyl groups excluding tert-OH is 1. The second kappa shape index (κ2) is 11.1. The molecule has 4 heterocycles. The lowest BCUT2D eigenvalue weighted by Gasteiger charge is -2.31. The minimum atomic E-state index is -3.37. The summed E-state index contributed by atoms with van der Waals surface area (Å²) in [4.78, 5) is 31.6. The van der Waals surface area contributed by atoms with E-state index >= 15 is 4.11 Å². The van der Waals surface area contributed by atoms with Crippen LogP contribution in [0.1, 0.15) is 35.0 Å². The highest BCUT2D eigenvalue weighted by atomic mass is 28.4. The quantitative estimate of drug-likeness (QED) is 0.203. The molecule has 3 aliphatic rings. The number of halogens is 1. The van der Waals surface area contributed by atoms with Gasteiger partial charge in [-0.2, -0.15) is 0 Å². The van der Waals surface area contributed by atoms with Gasteiger partial charge in [0, 0.05) is 55.5 Å². The van der Waals surface area contributed by atoms with Crippen molar-refractivity contribution in [1.29, 1.82) is 0 Å². The third-order valence-corrected chi connectivity index (χ3v) is 12.0. The lowest BCUT2D eigenvalue weighted by atomic mass is 9.82. The van der Waals surface area contributed by atoms with Crippen LogP contribution in [0.4, 0.5) is 21.2 Å². The van der Waals surface area contributed by atoms with E-state index < -0.39 is 31.6 Å². The van der Waals surface area contributed by atoms with Crippen LogP contribution >= 0.6 is 0 Å². The lowest BCUT2D eigenvalue weighted by molar-refractivity contribution is -0.145. The first-order chi connectivity index (χ1) is 22.0. The molecule has 0 bridgehead atoms. The van der Waals surface area contributed by atoms with Crippen molar-refractivity contribution in [1.82, 2.24) is 15.0 Å². The first-order valence-electron chi connectivity index (χ1n) is 15.5. The molecule has 1 N–H and O–H groups in total. The highest BCUT2D eigenvalue weighted by Crippen LogP contribution is 2.60. The molecule has 0 unspecified atom stereocenters. The van der Waals surface area contributed by atoms with Crippen molar-refractivity contribution in [2.75, 3.05) is 23.5 Å². The summed E-state index contributed by atoms with van der Waals surface area (Å²) in [5.74, 6) is -0.0172. The molecule has 1 spiro atoms. The van der Waals surface area contributed by atoms with E-state index in [1.807, 2.05) is 55.5 Å². The topological polar surface area (TPSA) is 110 Å².